The summed E-state index contributed by atoms with van der Waals surface area (Å²) in [5.41, 5.74) is 3.42. The number of hydrazine groups is 1. The number of thioether (sulfide) groups is 1. The van der Waals surface area contributed by atoms with Crippen LogP contribution in [-0.2, 0) is 16.0 Å². The fraction of sp³-hybridized carbons (Fsp3) is 0.118. The van der Waals surface area contributed by atoms with E-state index in [0.29, 0.717) is 10.7 Å². The van der Waals surface area contributed by atoms with Crippen molar-refractivity contribution >= 4 is 46.2 Å². The summed E-state index contributed by atoms with van der Waals surface area (Å²) in [6.07, 6.45) is 1.80. The topological polar surface area (TPSA) is 62.6 Å². The quantitative estimate of drug-likeness (QED) is 0.672. The maximum absolute atomic E-state index is 12.4. The largest absolute Gasteiger partial charge is 0.462 e. The molecule has 1 N–H and O–H groups in total. The van der Waals surface area contributed by atoms with Gasteiger partial charge in [0.15, 0.2) is 4.32 Å². The molecule has 1 aromatic carbocycles. The average molecular weight is 358 g/mol. The van der Waals surface area contributed by atoms with Crippen molar-refractivity contribution < 1.29 is 14.0 Å². The van der Waals surface area contributed by atoms with Crippen LogP contribution >= 0.6 is 24.0 Å². The number of thiocarbonyl (C=S) groups is 1. The standard InChI is InChI=1S/C17H14N2O3S2/c1-11-7-8-13(22-11)10-14-16(21)19(17(23)24-14)18-15(20)9-12-5-3-2-4-6-12/h2-8,10H,9H2,1H3,(H,18,20). The summed E-state index contributed by atoms with van der Waals surface area (Å²) in [6, 6.07) is 12.9. The van der Waals surface area contributed by atoms with Gasteiger partial charge in [0.05, 0.1) is 11.3 Å². The molecular weight excluding hydrogens is 344 g/mol. The van der Waals surface area contributed by atoms with Crippen LogP contribution in [0.15, 0.2) is 51.8 Å². The summed E-state index contributed by atoms with van der Waals surface area (Å²) in [7, 11) is 0. The predicted molar refractivity (Wildman–Crippen MR) is 96.7 cm³/mol. The molecule has 0 radical (unpaired) electrons. The molecule has 3 rings (SSSR count). The number of hydrogen-bond donors (Lipinski definition) is 1. The van der Waals surface area contributed by atoms with Crippen molar-refractivity contribution in [2.75, 3.05) is 0 Å². The smallest absolute Gasteiger partial charge is 0.285 e. The molecule has 0 spiro atoms. The molecule has 2 heterocycles. The molecule has 1 aliphatic rings. The molecule has 0 bridgehead atoms. The predicted octanol–water partition coefficient (Wildman–Crippen LogP) is 3.06. The van der Waals surface area contributed by atoms with Crippen LogP contribution in [0.2, 0.25) is 0 Å². The van der Waals surface area contributed by atoms with Crippen LogP contribution in [0.3, 0.4) is 0 Å². The van der Waals surface area contributed by atoms with Gasteiger partial charge in [-0.1, -0.05) is 42.1 Å². The van der Waals surface area contributed by atoms with E-state index >= 15 is 0 Å². The average Bonchev–Trinajstić information content (AvgIpc) is 3.07. The Kier molecular flexibility index (Phi) is 4.82. The number of carbonyl (C=O) groups excluding carboxylic acids is 2. The minimum absolute atomic E-state index is 0.175. The Morgan fingerprint density at radius 1 is 1.29 bits per heavy atom. The Morgan fingerprint density at radius 3 is 2.71 bits per heavy atom. The molecule has 0 saturated carbocycles. The number of aryl methyl sites for hydroxylation is 1. The van der Waals surface area contributed by atoms with Gasteiger partial charge in [0, 0.05) is 6.08 Å². The van der Waals surface area contributed by atoms with E-state index in [4.69, 9.17) is 16.6 Å². The lowest BCUT2D eigenvalue weighted by Gasteiger charge is -2.15. The van der Waals surface area contributed by atoms with Crippen LogP contribution in [0.25, 0.3) is 6.08 Å². The van der Waals surface area contributed by atoms with Crippen LogP contribution in [0, 0.1) is 6.92 Å². The van der Waals surface area contributed by atoms with Gasteiger partial charge in [-0.15, -0.1) is 0 Å². The Balaban J connectivity index is 1.68. The first kappa shape index (κ1) is 16.5. The van der Waals surface area contributed by atoms with Crippen molar-refractivity contribution in [2.24, 2.45) is 0 Å². The molecular formula is C17H14N2O3S2. The van der Waals surface area contributed by atoms with Crippen LogP contribution in [0.1, 0.15) is 17.1 Å². The molecule has 1 aromatic heterocycles. The number of amides is 2. The van der Waals surface area contributed by atoms with Gasteiger partial charge in [0.2, 0.25) is 5.91 Å². The van der Waals surface area contributed by atoms with Gasteiger partial charge in [-0.25, -0.2) is 0 Å². The third kappa shape index (κ3) is 3.74. The van der Waals surface area contributed by atoms with Gasteiger partial charge in [-0.2, -0.15) is 5.01 Å². The van der Waals surface area contributed by atoms with Crippen LogP contribution in [-0.4, -0.2) is 21.1 Å². The number of carbonyl (C=O) groups is 2. The number of nitrogens with zero attached hydrogens (tertiary/aromatic N) is 1. The normalized spacial score (nSPS) is 16.0. The van der Waals surface area contributed by atoms with Gasteiger partial charge in [0.25, 0.3) is 5.91 Å². The molecule has 1 aliphatic heterocycles. The number of furan rings is 1. The summed E-state index contributed by atoms with van der Waals surface area (Å²) in [5.74, 6) is 0.671. The Labute approximate surface area is 148 Å². The van der Waals surface area contributed by atoms with E-state index in [1.54, 1.807) is 12.1 Å². The summed E-state index contributed by atoms with van der Waals surface area (Å²) >= 11 is 6.31. The van der Waals surface area contributed by atoms with E-state index < -0.39 is 0 Å². The van der Waals surface area contributed by atoms with Gasteiger partial charge in [-0.3, -0.25) is 15.0 Å². The van der Waals surface area contributed by atoms with Crippen LogP contribution in [0.4, 0.5) is 0 Å². The van der Waals surface area contributed by atoms with Crippen molar-refractivity contribution in [3.8, 4) is 0 Å². The molecule has 2 amide bonds. The lowest BCUT2D eigenvalue weighted by atomic mass is 10.1. The van der Waals surface area contributed by atoms with Gasteiger partial charge < -0.3 is 4.42 Å². The van der Waals surface area contributed by atoms with E-state index in [2.05, 4.69) is 5.43 Å². The molecule has 7 heteroatoms. The zero-order valence-corrected chi connectivity index (χ0v) is 14.4. The minimum Gasteiger partial charge on any atom is -0.462 e. The maximum Gasteiger partial charge on any atom is 0.285 e. The summed E-state index contributed by atoms with van der Waals surface area (Å²) < 4.78 is 5.72. The van der Waals surface area contributed by atoms with Gasteiger partial charge in [-0.05, 0) is 36.8 Å². The Bertz CT molecular complexity index is 827. The van der Waals surface area contributed by atoms with Crippen molar-refractivity contribution in [3.05, 3.63) is 64.5 Å². The highest BCUT2D eigenvalue weighted by Crippen LogP contribution is 2.31. The molecule has 0 aliphatic carbocycles. The van der Waals surface area contributed by atoms with E-state index in [-0.39, 0.29) is 22.6 Å². The fourth-order valence-electron chi connectivity index (χ4n) is 2.17. The Hall–Kier alpha value is -2.38. The van der Waals surface area contributed by atoms with Gasteiger partial charge >= 0.3 is 0 Å². The van der Waals surface area contributed by atoms with Crippen LogP contribution in [0.5, 0.6) is 0 Å². The summed E-state index contributed by atoms with van der Waals surface area (Å²) in [4.78, 5) is 24.9. The minimum atomic E-state index is -0.361. The van der Waals surface area contributed by atoms with Crippen molar-refractivity contribution in [1.29, 1.82) is 0 Å². The molecule has 122 valence electrons. The second-order valence-corrected chi connectivity index (χ2v) is 6.84. The molecule has 0 atom stereocenters. The number of rotatable bonds is 4. The highest BCUT2D eigenvalue weighted by molar-refractivity contribution is 8.26. The van der Waals surface area contributed by atoms with Crippen molar-refractivity contribution in [2.45, 2.75) is 13.3 Å². The van der Waals surface area contributed by atoms with Crippen LogP contribution < -0.4 is 5.43 Å². The molecule has 5 nitrogen and oxygen atoms in total. The zero-order valence-electron chi connectivity index (χ0n) is 12.8. The van der Waals surface area contributed by atoms with E-state index in [0.717, 1.165) is 28.1 Å². The lowest BCUT2D eigenvalue weighted by Crippen LogP contribution is -2.45. The third-order valence-electron chi connectivity index (χ3n) is 3.27. The lowest BCUT2D eigenvalue weighted by molar-refractivity contribution is -0.132. The second-order valence-electron chi connectivity index (χ2n) is 5.16. The molecule has 2 aromatic rings. The first-order chi connectivity index (χ1) is 11.5. The highest BCUT2D eigenvalue weighted by atomic mass is 32.2. The molecule has 0 unspecified atom stereocenters. The number of benzene rings is 1. The maximum atomic E-state index is 12.4. The monoisotopic (exact) mass is 358 g/mol. The van der Waals surface area contributed by atoms with E-state index in [1.165, 1.54) is 0 Å². The zero-order chi connectivity index (χ0) is 17.1. The summed E-state index contributed by atoms with van der Waals surface area (Å²) in [5, 5.41) is 1.10. The third-order valence-corrected chi connectivity index (χ3v) is 4.57. The van der Waals surface area contributed by atoms with Gasteiger partial charge in [0.1, 0.15) is 11.5 Å². The SMILES string of the molecule is Cc1ccc(C=C2SC(=S)N(NC(=O)Cc3ccccc3)C2=O)o1. The Morgan fingerprint density at radius 2 is 2.04 bits per heavy atom. The van der Waals surface area contributed by atoms with Crippen molar-refractivity contribution in [3.63, 3.8) is 0 Å². The summed E-state index contributed by atoms with van der Waals surface area (Å²) in [6.45, 7) is 1.83. The van der Waals surface area contributed by atoms with Crippen molar-refractivity contribution in [1.82, 2.24) is 10.4 Å². The fourth-order valence-corrected chi connectivity index (χ4v) is 3.33. The molecule has 1 fully saturated rings. The van der Waals surface area contributed by atoms with E-state index in [9.17, 15) is 9.59 Å². The number of nitrogens with one attached hydrogen (secondary N) is 1. The first-order valence-electron chi connectivity index (χ1n) is 7.21. The molecule has 1 saturated heterocycles. The highest BCUT2D eigenvalue weighted by Gasteiger charge is 2.33. The first-order valence-corrected chi connectivity index (χ1v) is 8.43. The molecule has 24 heavy (non-hydrogen) atoms. The van der Waals surface area contributed by atoms with E-state index in [1.807, 2.05) is 43.3 Å². The second kappa shape index (κ2) is 7.02. The number of hydrogen-bond acceptors (Lipinski definition) is 5.